The summed E-state index contributed by atoms with van der Waals surface area (Å²) in [7, 11) is 0. The number of hydrazone groups is 1. The zero-order valence-electron chi connectivity index (χ0n) is 14.2. The summed E-state index contributed by atoms with van der Waals surface area (Å²) in [5, 5.41) is 7.05. The molecule has 0 amide bonds. The van der Waals surface area contributed by atoms with Gasteiger partial charge in [-0.25, -0.2) is 4.98 Å². The largest absolute Gasteiger partial charge is 0.494 e. The van der Waals surface area contributed by atoms with E-state index in [-0.39, 0.29) is 0 Å². The van der Waals surface area contributed by atoms with Gasteiger partial charge in [0.1, 0.15) is 5.75 Å². The van der Waals surface area contributed by atoms with Gasteiger partial charge >= 0.3 is 0 Å². The zero-order valence-corrected chi connectivity index (χ0v) is 15.0. The third kappa shape index (κ3) is 5.16. The van der Waals surface area contributed by atoms with Gasteiger partial charge in [0.05, 0.1) is 18.5 Å². The van der Waals surface area contributed by atoms with E-state index in [2.05, 4.69) is 22.4 Å². The maximum Gasteiger partial charge on any atom is 0.203 e. The summed E-state index contributed by atoms with van der Waals surface area (Å²) in [6.45, 7) is 2.92. The van der Waals surface area contributed by atoms with Crippen LogP contribution in [0.1, 0.15) is 25.3 Å². The van der Waals surface area contributed by atoms with Gasteiger partial charge in [0, 0.05) is 10.9 Å². The lowest BCUT2D eigenvalue weighted by Gasteiger charge is -2.04. The van der Waals surface area contributed by atoms with Gasteiger partial charge in [-0.2, -0.15) is 5.10 Å². The summed E-state index contributed by atoms with van der Waals surface area (Å²) < 4.78 is 5.65. The van der Waals surface area contributed by atoms with Gasteiger partial charge < -0.3 is 4.74 Å². The number of ether oxygens (including phenoxy) is 1. The Balaban J connectivity index is 1.54. The Labute approximate surface area is 152 Å². The van der Waals surface area contributed by atoms with E-state index in [0.717, 1.165) is 47.2 Å². The quantitative estimate of drug-likeness (QED) is 0.334. The molecule has 0 spiro atoms. The number of unbranched alkanes of at least 4 members (excludes halogenated alkanes) is 1. The molecule has 0 bridgehead atoms. The molecule has 0 saturated carbocycles. The van der Waals surface area contributed by atoms with Gasteiger partial charge in [-0.05, 0) is 36.2 Å². The Hall–Kier alpha value is -2.66. The molecule has 1 aromatic heterocycles. The molecule has 1 N–H and O–H groups in total. The summed E-state index contributed by atoms with van der Waals surface area (Å²) in [6, 6.07) is 18.0. The summed E-state index contributed by atoms with van der Waals surface area (Å²) in [4.78, 5) is 4.54. The molecule has 0 aliphatic heterocycles. The molecule has 0 fully saturated rings. The summed E-state index contributed by atoms with van der Waals surface area (Å²) >= 11 is 1.54. The van der Waals surface area contributed by atoms with E-state index < -0.39 is 0 Å². The van der Waals surface area contributed by atoms with Crippen molar-refractivity contribution in [2.45, 2.75) is 19.8 Å². The van der Waals surface area contributed by atoms with Crippen molar-refractivity contribution in [1.29, 1.82) is 0 Å². The van der Waals surface area contributed by atoms with Crippen molar-refractivity contribution in [2.75, 3.05) is 12.0 Å². The maximum absolute atomic E-state index is 5.65. The number of benzene rings is 2. The lowest BCUT2D eigenvalue weighted by molar-refractivity contribution is 0.309. The third-order valence-electron chi connectivity index (χ3n) is 3.59. The first kappa shape index (κ1) is 17.2. The van der Waals surface area contributed by atoms with Crippen molar-refractivity contribution >= 4 is 22.7 Å². The van der Waals surface area contributed by atoms with Crippen molar-refractivity contribution in [3.8, 4) is 17.0 Å². The fourth-order valence-electron chi connectivity index (χ4n) is 2.21. The van der Waals surface area contributed by atoms with Crippen LogP contribution in [0.15, 0.2) is 65.1 Å². The van der Waals surface area contributed by atoms with Crippen LogP contribution < -0.4 is 10.2 Å². The zero-order chi connectivity index (χ0) is 17.3. The predicted octanol–water partition coefficient (Wildman–Crippen LogP) is 5.44. The minimum absolute atomic E-state index is 0.763. The van der Waals surface area contributed by atoms with Gasteiger partial charge in [-0.15, -0.1) is 11.3 Å². The van der Waals surface area contributed by atoms with Crippen LogP contribution in [-0.4, -0.2) is 17.8 Å². The first-order valence-corrected chi connectivity index (χ1v) is 9.26. The number of aromatic nitrogens is 1. The minimum Gasteiger partial charge on any atom is -0.494 e. The molecule has 0 aliphatic rings. The molecule has 3 aromatic rings. The Kier molecular flexibility index (Phi) is 6.17. The predicted molar refractivity (Wildman–Crippen MR) is 106 cm³/mol. The monoisotopic (exact) mass is 351 g/mol. The highest BCUT2D eigenvalue weighted by Gasteiger charge is 2.02. The van der Waals surface area contributed by atoms with E-state index in [9.17, 15) is 0 Å². The summed E-state index contributed by atoms with van der Waals surface area (Å²) in [5.74, 6) is 0.894. The van der Waals surface area contributed by atoms with Crippen LogP contribution >= 0.6 is 11.3 Å². The molecule has 0 saturated heterocycles. The second kappa shape index (κ2) is 8.99. The Bertz CT molecular complexity index is 797. The number of nitrogens with zero attached hydrogens (tertiary/aromatic N) is 2. The van der Waals surface area contributed by atoms with Crippen molar-refractivity contribution in [1.82, 2.24) is 4.98 Å². The van der Waals surface area contributed by atoms with Gasteiger partial charge in [0.15, 0.2) is 0 Å². The molecule has 128 valence electrons. The van der Waals surface area contributed by atoms with E-state index in [1.54, 1.807) is 6.21 Å². The standard InChI is InChI=1S/C20H21N3OS/c1-2-3-13-24-18-11-9-16(10-12-18)14-21-23-20-22-19(15-25-20)17-7-5-4-6-8-17/h4-12,14-15H,2-3,13H2,1H3,(H,22,23). The molecule has 25 heavy (non-hydrogen) atoms. The fourth-order valence-corrected chi connectivity index (χ4v) is 2.88. The fraction of sp³-hybridized carbons (Fsp3) is 0.200. The Morgan fingerprint density at radius 3 is 2.68 bits per heavy atom. The molecule has 1 heterocycles. The number of rotatable bonds is 8. The normalized spacial score (nSPS) is 10.9. The highest BCUT2D eigenvalue weighted by molar-refractivity contribution is 7.14. The molecule has 2 aromatic carbocycles. The van der Waals surface area contributed by atoms with Crippen molar-refractivity contribution in [2.24, 2.45) is 5.10 Å². The Morgan fingerprint density at radius 1 is 1.12 bits per heavy atom. The SMILES string of the molecule is CCCCOc1ccc(C=NNc2nc(-c3ccccc3)cs2)cc1. The lowest BCUT2D eigenvalue weighted by Crippen LogP contribution is -1.96. The average molecular weight is 351 g/mol. The van der Waals surface area contributed by atoms with Gasteiger partial charge in [0.25, 0.3) is 0 Å². The minimum atomic E-state index is 0.763. The smallest absolute Gasteiger partial charge is 0.203 e. The van der Waals surface area contributed by atoms with Crippen LogP contribution in [0.25, 0.3) is 11.3 Å². The molecule has 0 radical (unpaired) electrons. The molecule has 5 heteroatoms. The topological polar surface area (TPSA) is 46.5 Å². The van der Waals surface area contributed by atoms with E-state index in [1.807, 2.05) is 60.0 Å². The molecule has 0 atom stereocenters. The lowest BCUT2D eigenvalue weighted by atomic mass is 10.2. The van der Waals surface area contributed by atoms with Crippen LogP contribution in [-0.2, 0) is 0 Å². The van der Waals surface area contributed by atoms with Crippen molar-refractivity contribution in [3.63, 3.8) is 0 Å². The molecule has 0 unspecified atom stereocenters. The molecular weight excluding hydrogens is 330 g/mol. The Morgan fingerprint density at radius 2 is 1.92 bits per heavy atom. The maximum atomic E-state index is 5.65. The van der Waals surface area contributed by atoms with Crippen LogP contribution in [0.3, 0.4) is 0 Å². The molecule has 4 nitrogen and oxygen atoms in total. The van der Waals surface area contributed by atoms with Crippen molar-refractivity contribution < 1.29 is 4.74 Å². The first-order chi connectivity index (χ1) is 12.3. The van der Waals surface area contributed by atoms with E-state index in [0.29, 0.717) is 0 Å². The first-order valence-electron chi connectivity index (χ1n) is 8.38. The number of anilines is 1. The van der Waals surface area contributed by atoms with Crippen LogP contribution in [0.4, 0.5) is 5.13 Å². The summed E-state index contributed by atoms with van der Waals surface area (Å²) in [6.07, 6.45) is 3.99. The van der Waals surface area contributed by atoms with Crippen LogP contribution in [0.2, 0.25) is 0 Å². The molecule has 0 aliphatic carbocycles. The third-order valence-corrected chi connectivity index (χ3v) is 4.34. The average Bonchev–Trinajstić information content (AvgIpc) is 3.13. The van der Waals surface area contributed by atoms with E-state index >= 15 is 0 Å². The molecular formula is C20H21N3OS. The second-order valence-electron chi connectivity index (χ2n) is 5.54. The second-order valence-corrected chi connectivity index (χ2v) is 6.40. The highest BCUT2D eigenvalue weighted by atomic mass is 32.1. The number of hydrogen-bond acceptors (Lipinski definition) is 5. The van der Waals surface area contributed by atoms with E-state index in [1.165, 1.54) is 11.3 Å². The van der Waals surface area contributed by atoms with E-state index in [4.69, 9.17) is 4.74 Å². The van der Waals surface area contributed by atoms with Gasteiger partial charge in [-0.3, -0.25) is 5.43 Å². The van der Waals surface area contributed by atoms with Crippen LogP contribution in [0.5, 0.6) is 5.75 Å². The number of thiazole rings is 1. The van der Waals surface area contributed by atoms with Crippen LogP contribution in [0, 0.1) is 0 Å². The highest BCUT2D eigenvalue weighted by Crippen LogP contribution is 2.24. The van der Waals surface area contributed by atoms with Gasteiger partial charge in [0.2, 0.25) is 5.13 Å². The number of hydrogen-bond donors (Lipinski definition) is 1. The molecule has 3 rings (SSSR count). The van der Waals surface area contributed by atoms with Crippen molar-refractivity contribution in [3.05, 3.63) is 65.5 Å². The summed E-state index contributed by atoms with van der Waals surface area (Å²) in [5.41, 5.74) is 6.06. The van der Waals surface area contributed by atoms with Gasteiger partial charge in [-0.1, -0.05) is 43.7 Å². The number of nitrogens with one attached hydrogen (secondary N) is 1.